The van der Waals surface area contributed by atoms with Gasteiger partial charge in [-0.3, -0.25) is 4.68 Å². The molecule has 0 aliphatic heterocycles. The van der Waals surface area contributed by atoms with Gasteiger partial charge >= 0.3 is 0 Å². The summed E-state index contributed by atoms with van der Waals surface area (Å²) in [5, 5.41) is 11.1. The first kappa shape index (κ1) is 12.9. The zero-order chi connectivity index (χ0) is 13.2. The molecule has 0 aromatic carbocycles. The highest BCUT2D eigenvalue weighted by molar-refractivity contribution is 7.91. The van der Waals surface area contributed by atoms with Gasteiger partial charge in [0.25, 0.3) is 10.0 Å². The number of aromatic nitrogens is 4. The summed E-state index contributed by atoms with van der Waals surface area (Å²) in [6.07, 6.45) is 4.08. The molecule has 8 nitrogen and oxygen atoms in total. The summed E-state index contributed by atoms with van der Waals surface area (Å²) in [6, 6.07) is 0. The minimum atomic E-state index is -3.62. The molecule has 10 heteroatoms. The molecule has 18 heavy (non-hydrogen) atoms. The molecule has 0 aliphatic carbocycles. The monoisotopic (exact) mass is 288 g/mol. The van der Waals surface area contributed by atoms with Crippen LogP contribution in [0, 0.1) is 0 Å². The lowest BCUT2D eigenvalue weighted by Crippen LogP contribution is -2.25. The largest absolute Gasteiger partial charge is 0.374 e. The number of nitrogen functional groups attached to an aromatic ring is 1. The molecule has 0 aliphatic rings. The molecule has 0 amide bonds. The van der Waals surface area contributed by atoms with Gasteiger partial charge < -0.3 is 5.73 Å². The molecule has 0 atom stereocenters. The van der Waals surface area contributed by atoms with Gasteiger partial charge in [-0.15, -0.1) is 10.2 Å². The Morgan fingerprint density at radius 1 is 1.50 bits per heavy atom. The van der Waals surface area contributed by atoms with Crippen LogP contribution in [-0.2, 0) is 23.5 Å². The summed E-state index contributed by atoms with van der Waals surface area (Å²) in [6.45, 7) is 0.271. The average Bonchev–Trinajstić information content (AvgIpc) is 2.88. The van der Waals surface area contributed by atoms with Gasteiger partial charge in [-0.1, -0.05) is 11.3 Å². The highest BCUT2D eigenvalue weighted by Crippen LogP contribution is 2.16. The van der Waals surface area contributed by atoms with Crippen molar-refractivity contribution in [1.82, 2.24) is 24.7 Å². The van der Waals surface area contributed by atoms with Gasteiger partial charge in [0, 0.05) is 19.8 Å². The lowest BCUT2D eigenvalue weighted by Gasteiger charge is -2.01. The number of hydrogen-bond donors (Lipinski definition) is 2. The van der Waals surface area contributed by atoms with Crippen molar-refractivity contribution in [3.63, 3.8) is 0 Å². The summed E-state index contributed by atoms with van der Waals surface area (Å²) in [4.78, 5) is 0. The number of nitrogens with one attached hydrogen (secondary N) is 1. The van der Waals surface area contributed by atoms with Crippen molar-refractivity contribution >= 4 is 26.5 Å². The van der Waals surface area contributed by atoms with Crippen molar-refractivity contribution in [2.45, 2.75) is 10.8 Å². The van der Waals surface area contributed by atoms with E-state index in [0.717, 1.165) is 16.9 Å². The lowest BCUT2D eigenvalue weighted by molar-refractivity contribution is 0.579. The average molecular weight is 288 g/mol. The molecule has 0 unspecified atom stereocenters. The van der Waals surface area contributed by atoms with Crippen molar-refractivity contribution in [3.05, 3.63) is 18.0 Å². The third-order valence-corrected chi connectivity index (χ3v) is 4.70. The number of aryl methyl sites for hydroxylation is 1. The Morgan fingerprint density at radius 3 is 2.83 bits per heavy atom. The van der Waals surface area contributed by atoms with Crippen molar-refractivity contribution in [2.24, 2.45) is 7.05 Å². The highest BCUT2D eigenvalue weighted by Gasteiger charge is 2.18. The van der Waals surface area contributed by atoms with Gasteiger partial charge in [0.05, 0.1) is 6.20 Å². The number of nitrogens with zero attached hydrogens (tertiary/aromatic N) is 4. The van der Waals surface area contributed by atoms with Crippen molar-refractivity contribution < 1.29 is 8.42 Å². The topological polar surface area (TPSA) is 116 Å². The number of sulfonamides is 1. The van der Waals surface area contributed by atoms with Crippen LogP contribution < -0.4 is 10.5 Å². The Bertz CT molecular complexity index is 632. The summed E-state index contributed by atoms with van der Waals surface area (Å²) in [5.74, 6) is 0. The predicted octanol–water partition coefficient (Wildman–Crippen LogP) is -0.625. The Labute approximate surface area is 108 Å². The molecule has 3 N–H and O–H groups in total. The summed E-state index contributed by atoms with van der Waals surface area (Å²) in [5.41, 5.74) is 6.29. The third kappa shape index (κ3) is 3.03. The van der Waals surface area contributed by atoms with E-state index in [4.69, 9.17) is 5.73 Å². The van der Waals surface area contributed by atoms with Crippen LogP contribution in [0.15, 0.2) is 16.7 Å². The van der Waals surface area contributed by atoms with E-state index < -0.39 is 10.0 Å². The van der Waals surface area contributed by atoms with E-state index in [2.05, 4.69) is 20.0 Å². The quantitative estimate of drug-likeness (QED) is 0.757. The fourth-order valence-electron chi connectivity index (χ4n) is 1.32. The van der Waals surface area contributed by atoms with Crippen molar-refractivity contribution in [1.29, 1.82) is 0 Å². The van der Waals surface area contributed by atoms with E-state index >= 15 is 0 Å². The Balaban J connectivity index is 1.93. The second-order valence-corrected chi connectivity index (χ2v) is 6.53. The SMILES string of the molecule is Cn1cc(CCNS(=O)(=O)c2nnc(N)s2)cn1. The summed E-state index contributed by atoms with van der Waals surface area (Å²) < 4.78 is 27.5. The van der Waals surface area contributed by atoms with E-state index in [1.807, 2.05) is 6.20 Å². The van der Waals surface area contributed by atoms with E-state index in [1.54, 1.807) is 17.9 Å². The molecular formula is C8H12N6O2S2. The van der Waals surface area contributed by atoms with Gasteiger partial charge in [0.15, 0.2) is 0 Å². The van der Waals surface area contributed by atoms with E-state index in [1.165, 1.54) is 0 Å². The minimum absolute atomic E-state index is 0.119. The van der Waals surface area contributed by atoms with Gasteiger partial charge in [0.2, 0.25) is 9.47 Å². The Kier molecular flexibility index (Phi) is 3.59. The Morgan fingerprint density at radius 2 is 2.28 bits per heavy atom. The second kappa shape index (κ2) is 5.00. The number of rotatable bonds is 5. The summed E-state index contributed by atoms with van der Waals surface area (Å²) in [7, 11) is -1.81. The van der Waals surface area contributed by atoms with Gasteiger partial charge in [-0.25, -0.2) is 13.1 Å². The lowest BCUT2D eigenvalue weighted by atomic mass is 10.3. The van der Waals surface area contributed by atoms with Crippen LogP contribution in [0.2, 0.25) is 0 Å². The molecule has 0 saturated carbocycles. The molecule has 0 fully saturated rings. The fourth-order valence-corrected chi connectivity index (χ4v) is 3.18. The number of nitrogens with two attached hydrogens (primary N) is 1. The minimum Gasteiger partial charge on any atom is -0.374 e. The molecule has 2 aromatic heterocycles. The van der Waals surface area contributed by atoms with Crippen LogP contribution >= 0.6 is 11.3 Å². The zero-order valence-corrected chi connectivity index (χ0v) is 11.2. The first-order valence-corrected chi connectivity index (χ1v) is 7.33. The van der Waals surface area contributed by atoms with Crippen molar-refractivity contribution in [3.8, 4) is 0 Å². The molecule has 98 valence electrons. The van der Waals surface area contributed by atoms with Crippen molar-refractivity contribution in [2.75, 3.05) is 12.3 Å². The van der Waals surface area contributed by atoms with Gasteiger partial charge in [-0.05, 0) is 12.0 Å². The van der Waals surface area contributed by atoms with Crippen LogP contribution in [-0.4, -0.2) is 34.9 Å². The predicted molar refractivity (Wildman–Crippen MR) is 66.4 cm³/mol. The smallest absolute Gasteiger partial charge is 0.269 e. The molecule has 0 radical (unpaired) electrons. The zero-order valence-electron chi connectivity index (χ0n) is 9.57. The van der Waals surface area contributed by atoms with Crippen LogP contribution in [0.5, 0.6) is 0 Å². The van der Waals surface area contributed by atoms with Crippen LogP contribution in [0.4, 0.5) is 5.13 Å². The summed E-state index contributed by atoms with van der Waals surface area (Å²) >= 11 is 0.834. The normalized spacial score (nSPS) is 11.8. The fraction of sp³-hybridized carbons (Fsp3) is 0.375. The maximum Gasteiger partial charge on any atom is 0.269 e. The van der Waals surface area contributed by atoms with Gasteiger partial charge in [-0.2, -0.15) is 5.10 Å². The maximum absolute atomic E-state index is 11.8. The second-order valence-electron chi connectivity index (χ2n) is 3.58. The molecule has 0 spiro atoms. The number of anilines is 1. The van der Waals surface area contributed by atoms with E-state index in [-0.39, 0.29) is 16.0 Å². The molecule has 0 bridgehead atoms. The molecule has 0 saturated heterocycles. The van der Waals surface area contributed by atoms with Gasteiger partial charge in [0.1, 0.15) is 0 Å². The molecule has 2 aromatic rings. The highest BCUT2D eigenvalue weighted by atomic mass is 32.2. The maximum atomic E-state index is 11.8. The van der Waals surface area contributed by atoms with E-state index in [9.17, 15) is 8.42 Å². The van der Waals surface area contributed by atoms with E-state index in [0.29, 0.717) is 6.42 Å². The first-order valence-electron chi connectivity index (χ1n) is 5.03. The Hall–Kier alpha value is -1.52. The standard InChI is InChI=1S/C8H12N6O2S2/c1-14-5-6(4-10-14)2-3-11-18(15,16)8-13-12-7(9)17-8/h4-5,11H,2-3H2,1H3,(H2,9,12). The first-order chi connectivity index (χ1) is 8.47. The van der Waals surface area contributed by atoms with Crippen LogP contribution in [0.25, 0.3) is 0 Å². The third-order valence-electron chi connectivity index (χ3n) is 2.12. The molecular weight excluding hydrogens is 276 g/mol. The number of hydrogen-bond acceptors (Lipinski definition) is 7. The van der Waals surface area contributed by atoms with Crippen LogP contribution in [0.1, 0.15) is 5.56 Å². The molecule has 2 rings (SSSR count). The molecule has 2 heterocycles. The van der Waals surface area contributed by atoms with Crippen LogP contribution in [0.3, 0.4) is 0 Å².